The quantitative estimate of drug-likeness (QED) is 0.733. The Kier molecular flexibility index (Phi) is 6.21. The summed E-state index contributed by atoms with van der Waals surface area (Å²) in [6.45, 7) is 7.88. The largest absolute Gasteiger partial charge is 0.369 e. The second-order valence-electron chi connectivity index (χ2n) is 8.02. The maximum Gasteiger partial charge on any atom is 0.271 e. The fourth-order valence-electron chi connectivity index (χ4n) is 3.15. The Balaban J connectivity index is 1.68. The average Bonchev–Trinajstić information content (AvgIpc) is 3.13. The van der Waals surface area contributed by atoms with Crippen molar-refractivity contribution in [1.29, 1.82) is 0 Å². The molecule has 2 atom stereocenters. The number of amides is 2. The third-order valence-corrected chi connectivity index (χ3v) is 6.31. The zero-order valence-corrected chi connectivity index (χ0v) is 18.3. The van der Waals surface area contributed by atoms with Crippen molar-refractivity contribution in [3.63, 3.8) is 0 Å². The third-order valence-electron chi connectivity index (χ3n) is 5.47. The summed E-state index contributed by atoms with van der Waals surface area (Å²) in [6.07, 6.45) is 0.273. The molecule has 160 valence electrons. The Morgan fingerprint density at radius 3 is 2.77 bits per heavy atom. The van der Waals surface area contributed by atoms with Crippen LogP contribution in [0.4, 0.5) is 4.39 Å². The summed E-state index contributed by atoms with van der Waals surface area (Å²) in [4.78, 5) is 35.4. The first-order valence-corrected chi connectivity index (χ1v) is 10.6. The van der Waals surface area contributed by atoms with Crippen LogP contribution in [-0.2, 0) is 11.3 Å². The topological polar surface area (TPSA) is 101 Å². The number of nitrogens with zero attached hydrogens (tertiary/aromatic N) is 3. The first-order chi connectivity index (χ1) is 14.1. The Morgan fingerprint density at radius 1 is 1.40 bits per heavy atom. The van der Waals surface area contributed by atoms with E-state index in [1.165, 1.54) is 28.4 Å². The van der Waals surface area contributed by atoms with Crippen molar-refractivity contribution >= 4 is 29.1 Å². The highest BCUT2D eigenvalue weighted by Crippen LogP contribution is 2.30. The lowest BCUT2D eigenvalue weighted by Crippen LogP contribution is -2.51. The number of aromatic nitrogens is 1. The van der Waals surface area contributed by atoms with E-state index in [2.05, 4.69) is 15.3 Å². The normalized spacial score (nSPS) is 20.3. The molecule has 2 unspecified atom stereocenters. The van der Waals surface area contributed by atoms with Gasteiger partial charge in [0.25, 0.3) is 5.91 Å². The molecule has 0 spiro atoms. The number of hydrogen-bond donors (Lipinski definition) is 2. The minimum Gasteiger partial charge on any atom is -0.369 e. The lowest BCUT2D eigenvalue weighted by Gasteiger charge is -2.37. The minimum absolute atomic E-state index is 0.111. The second-order valence-corrected chi connectivity index (χ2v) is 8.96. The van der Waals surface area contributed by atoms with Crippen LogP contribution < -0.4 is 11.1 Å². The van der Waals surface area contributed by atoms with Gasteiger partial charge in [-0.2, -0.15) is 0 Å². The number of benzene rings is 1. The molecule has 0 saturated carbocycles. The van der Waals surface area contributed by atoms with E-state index in [0.29, 0.717) is 10.6 Å². The number of aliphatic imine (C=N–C) groups is 1. The summed E-state index contributed by atoms with van der Waals surface area (Å²) in [5.74, 6) is -0.489. The van der Waals surface area contributed by atoms with Gasteiger partial charge in [-0.1, -0.05) is 26.0 Å². The number of carbonyl (C=O) groups is 2. The molecule has 3 N–H and O–H groups in total. The molecule has 0 fully saturated rings. The first-order valence-electron chi connectivity index (χ1n) is 9.75. The molecule has 1 aliphatic rings. The molecule has 7 nitrogen and oxygen atoms in total. The molecule has 1 aromatic carbocycles. The van der Waals surface area contributed by atoms with Gasteiger partial charge in [0.15, 0.2) is 5.96 Å². The van der Waals surface area contributed by atoms with Gasteiger partial charge >= 0.3 is 0 Å². The first kappa shape index (κ1) is 21.9. The number of nitrogens with one attached hydrogen (secondary N) is 1. The molecule has 0 aliphatic carbocycles. The van der Waals surface area contributed by atoms with Crippen molar-refractivity contribution in [2.45, 2.75) is 52.2 Å². The SMILES string of the molecule is CC(NC(=O)c1csc(CN2C(=O)CC(C)(C(C)C)N=C2N)n1)c1cccc(F)c1. The molecule has 0 saturated heterocycles. The zero-order valence-electron chi connectivity index (χ0n) is 17.5. The summed E-state index contributed by atoms with van der Waals surface area (Å²) in [6, 6.07) is 5.70. The van der Waals surface area contributed by atoms with Crippen LogP contribution in [0.5, 0.6) is 0 Å². The van der Waals surface area contributed by atoms with E-state index in [-0.39, 0.29) is 54.2 Å². The number of halogens is 1. The van der Waals surface area contributed by atoms with Gasteiger partial charge in [-0.05, 0) is 37.5 Å². The maximum absolute atomic E-state index is 13.4. The van der Waals surface area contributed by atoms with Crippen LogP contribution in [0.1, 0.15) is 61.2 Å². The lowest BCUT2D eigenvalue weighted by molar-refractivity contribution is -0.130. The number of nitrogens with two attached hydrogens (primary N) is 1. The van der Waals surface area contributed by atoms with Crippen molar-refractivity contribution in [3.05, 3.63) is 51.7 Å². The van der Waals surface area contributed by atoms with E-state index in [9.17, 15) is 14.0 Å². The summed E-state index contributed by atoms with van der Waals surface area (Å²) in [5, 5.41) is 5.02. The molecule has 3 rings (SSSR count). The predicted octanol–water partition coefficient (Wildman–Crippen LogP) is 3.23. The van der Waals surface area contributed by atoms with E-state index >= 15 is 0 Å². The number of thiazole rings is 1. The fourth-order valence-corrected chi connectivity index (χ4v) is 3.91. The van der Waals surface area contributed by atoms with E-state index in [1.54, 1.807) is 24.4 Å². The van der Waals surface area contributed by atoms with Crippen LogP contribution in [0.15, 0.2) is 34.6 Å². The van der Waals surface area contributed by atoms with Crippen molar-refractivity contribution in [3.8, 4) is 0 Å². The molecule has 2 heterocycles. The number of guanidine groups is 1. The summed E-state index contributed by atoms with van der Waals surface area (Å²) >= 11 is 1.27. The molecular weight excluding hydrogens is 405 g/mol. The third kappa shape index (κ3) is 4.67. The predicted molar refractivity (Wildman–Crippen MR) is 114 cm³/mol. The Labute approximate surface area is 179 Å². The van der Waals surface area contributed by atoms with Crippen LogP contribution in [0, 0.1) is 11.7 Å². The summed E-state index contributed by atoms with van der Waals surface area (Å²) in [7, 11) is 0. The van der Waals surface area contributed by atoms with Crippen molar-refractivity contribution in [2.75, 3.05) is 0 Å². The van der Waals surface area contributed by atoms with Crippen molar-refractivity contribution < 1.29 is 14.0 Å². The monoisotopic (exact) mass is 431 g/mol. The number of hydrogen-bond acceptors (Lipinski definition) is 6. The smallest absolute Gasteiger partial charge is 0.271 e. The Bertz CT molecular complexity index is 989. The van der Waals surface area contributed by atoms with Crippen LogP contribution in [0.25, 0.3) is 0 Å². The van der Waals surface area contributed by atoms with Crippen LogP contribution in [0.3, 0.4) is 0 Å². The number of rotatable bonds is 6. The van der Waals surface area contributed by atoms with Gasteiger partial charge in [0.2, 0.25) is 5.91 Å². The Hall–Kier alpha value is -2.81. The zero-order chi connectivity index (χ0) is 22.1. The lowest BCUT2D eigenvalue weighted by atomic mass is 9.84. The van der Waals surface area contributed by atoms with Gasteiger partial charge in [-0.25, -0.2) is 14.4 Å². The van der Waals surface area contributed by atoms with E-state index < -0.39 is 5.54 Å². The maximum atomic E-state index is 13.4. The summed E-state index contributed by atoms with van der Waals surface area (Å²) in [5.41, 5.74) is 6.45. The molecule has 2 amide bonds. The number of carbonyl (C=O) groups excluding carboxylic acids is 2. The van der Waals surface area contributed by atoms with E-state index in [4.69, 9.17) is 5.73 Å². The standard InChI is InChI=1S/C21H26FN5O2S/c1-12(2)21(4)9-18(28)27(20(23)26-21)10-17-25-16(11-30-17)19(29)24-13(3)14-6-5-7-15(22)8-14/h5-8,11-13H,9-10H2,1-4H3,(H2,23,26)(H,24,29). The molecule has 0 radical (unpaired) electrons. The van der Waals surface area contributed by atoms with Gasteiger partial charge < -0.3 is 11.1 Å². The highest BCUT2D eigenvalue weighted by Gasteiger charge is 2.38. The highest BCUT2D eigenvalue weighted by atomic mass is 32.1. The highest BCUT2D eigenvalue weighted by molar-refractivity contribution is 7.09. The van der Waals surface area contributed by atoms with Gasteiger partial charge in [-0.3, -0.25) is 14.5 Å². The van der Waals surface area contributed by atoms with Crippen molar-refractivity contribution in [2.24, 2.45) is 16.6 Å². The summed E-state index contributed by atoms with van der Waals surface area (Å²) < 4.78 is 13.4. The average molecular weight is 432 g/mol. The van der Waals surface area contributed by atoms with E-state index in [1.807, 2.05) is 20.8 Å². The fraction of sp³-hybridized carbons (Fsp3) is 0.429. The molecule has 0 bridgehead atoms. The minimum atomic E-state index is -0.515. The molecule has 1 aromatic heterocycles. The van der Waals surface area contributed by atoms with E-state index in [0.717, 1.165) is 0 Å². The van der Waals surface area contributed by atoms with Gasteiger partial charge in [0, 0.05) is 5.38 Å². The van der Waals surface area contributed by atoms with Gasteiger partial charge in [0.05, 0.1) is 24.5 Å². The van der Waals surface area contributed by atoms with Gasteiger partial charge in [0.1, 0.15) is 16.5 Å². The molecule has 9 heteroatoms. The van der Waals surface area contributed by atoms with Crippen LogP contribution in [0.2, 0.25) is 0 Å². The molecular formula is C21H26FN5O2S. The van der Waals surface area contributed by atoms with Crippen LogP contribution in [-0.4, -0.2) is 33.2 Å². The molecule has 30 heavy (non-hydrogen) atoms. The molecule has 1 aliphatic heterocycles. The van der Waals surface area contributed by atoms with Gasteiger partial charge in [-0.15, -0.1) is 11.3 Å². The molecule has 2 aromatic rings. The van der Waals surface area contributed by atoms with Crippen LogP contribution >= 0.6 is 11.3 Å². The second kappa shape index (κ2) is 8.51. The van der Waals surface area contributed by atoms with Crippen molar-refractivity contribution in [1.82, 2.24) is 15.2 Å². The Morgan fingerprint density at radius 2 is 2.13 bits per heavy atom.